The van der Waals surface area contributed by atoms with Crippen LogP contribution >= 0.6 is 0 Å². The number of hydrogen-bond donors (Lipinski definition) is 2. The maximum absolute atomic E-state index is 12.0. The number of nitro groups is 1. The Kier molecular flexibility index (Phi) is 4.92. The number of non-ortho nitro benzene ring substituents is 1. The minimum atomic E-state index is -0.520. The molecule has 114 valence electrons. The van der Waals surface area contributed by atoms with Crippen molar-refractivity contribution in [2.45, 2.75) is 6.92 Å². The zero-order chi connectivity index (χ0) is 15.9. The molecule has 0 atom stereocenters. The summed E-state index contributed by atoms with van der Waals surface area (Å²) in [5, 5.41) is 15.9. The molecule has 0 bridgehead atoms. The molecule has 0 aliphatic heterocycles. The molecule has 2 aromatic carbocycles. The van der Waals surface area contributed by atoms with Gasteiger partial charge in [0.25, 0.3) is 5.69 Å². The molecule has 2 N–H and O–H groups in total. The Bertz CT molecular complexity index is 688. The molecule has 2 aromatic rings. The lowest BCUT2D eigenvalue weighted by Crippen LogP contribution is -2.20. The van der Waals surface area contributed by atoms with E-state index >= 15 is 0 Å². The van der Waals surface area contributed by atoms with Gasteiger partial charge in [-0.1, -0.05) is 18.2 Å². The van der Waals surface area contributed by atoms with E-state index in [0.717, 1.165) is 0 Å². The molecule has 0 fully saturated rings. The van der Waals surface area contributed by atoms with Crippen LogP contribution in [0.3, 0.4) is 0 Å². The fourth-order valence-electron chi connectivity index (χ4n) is 1.83. The highest BCUT2D eigenvalue weighted by atomic mass is 16.6. The summed E-state index contributed by atoms with van der Waals surface area (Å²) in [4.78, 5) is 22.2. The van der Waals surface area contributed by atoms with Crippen LogP contribution in [0.2, 0.25) is 0 Å². The number of rotatable bonds is 5. The molecule has 7 heteroatoms. The van der Waals surface area contributed by atoms with Gasteiger partial charge in [-0.2, -0.15) is 0 Å². The molecule has 0 aliphatic carbocycles. The number of carbonyl (C=O) groups is 1. The number of benzene rings is 2. The third-order valence-corrected chi connectivity index (χ3v) is 2.75. The number of hydrogen-bond acceptors (Lipinski definition) is 4. The van der Waals surface area contributed by atoms with E-state index in [1.165, 1.54) is 18.2 Å². The van der Waals surface area contributed by atoms with Crippen LogP contribution in [0.25, 0.3) is 0 Å². The normalized spacial score (nSPS) is 9.86. The number of nitrogens with zero attached hydrogens (tertiary/aromatic N) is 1. The molecule has 0 spiro atoms. The number of anilines is 2. The van der Waals surface area contributed by atoms with Gasteiger partial charge in [0.2, 0.25) is 0 Å². The van der Waals surface area contributed by atoms with E-state index < -0.39 is 11.0 Å². The molecule has 0 unspecified atom stereocenters. The highest BCUT2D eigenvalue weighted by molar-refractivity contribution is 6.00. The monoisotopic (exact) mass is 301 g/mol. The topological polar surface area (TPSA) is 93.5 Å². The summed E-state index contributed by atoms with van der Waals surface area (Å²) in [5.41, 5.74) is 0.764. The van der Waals surface area contributed by atoms with E-state index in [1.807, 2.05) is 6.92 Å². The van der Waals surface area contributed by atoms with E-state index in [2.05, 4.69) is 10.6 Å². The first-order valence-corrected chi connectivity index (χ1v) is 6.64. The second kappa shape index (κ2) is 7.07. The number of carbonyl (C=O) groups excluding carboxylic acids is 1. The molecule has 0 radical (unpaired) electrons. The molecule has 2 amide bonds. The van der Waals surface area contributed by atoms with Crippen molar-refractivity contribution in [1.29, 1.82) is 0 Å². The number of nitrogens with one attached hydrogen (secondary N) is 2. The molecule has 2 rings (SSSR count). The van der Waals surface area contributed by atoms with Gasteiger partial charge in [-0.25, -0.2) is 4.79 Å². The summed E-state index contributed by atoms with van der Waals surface area (Å²) in [5.74, 6) is 0.555. The quantitative estimate of drug-likeness (QED) is 0.651. The number of urea groups is 1. The van der Waals surface area contributed by atoms with Gasteiger partial charge in [-0.15, -0.1) is 0 Å². The summed E-state index contributed by atoms with van der Waals surface area (Å²) >= 11 is 0. The minimum absolute atomic E-state index is 0.0903. The maximum atomic E-state index is 12.0. The molecule has 0 heterocycles. The van der Waals surface area contributed by atoms with Crippen molar-refractivity contribution in [3.63, 3.8) is 0 Å². The van der Waals surface area contributed by atoms with Crippen molar-refractivity contribution >= 4 is 23.1 Å². The summed E-state index contributed by atoms with van der Waals surface area (Å²) in [6.07, 6.45) is 0. The maximum Gasteiger partial charge on any atom is 0.323 e. The van der Waals surface area contributed by atoms with Gasteiger partial charge in [0.15, 0.2) is 0 Å². The van der Waals surface area contributed by atoms with Gasteiger partial charge >= 0.3 is 6.03 Å². The van der Waals surface area contributed by atoms with Gasteiger partial charge in [-0.3, -0.25) is 10.1 Å². The Balaban J connectivity index is 2.07. The van der Waals surface area contributed by atoms with Crippen LogP contribution < -0.4 is 15.4 Å². The third-order valence-electron chi connectivity index (χ3n) is 2.75. The van der Waals surface area contributed by atoms with E-state index in [4.69, 9.17) is 4.74 Å². The van der Waals surface area contributed by atoms with Gasteiger partial charge in [0.05, 0.1) is 17.2 Å². The van der Waals surface area contributed by atoms with Crippen LogP contribution in [0, 0.1) is 10.1 Å². The highest BCUT2D eigenvalue weighted by Gasteiger charge is 2.10. The standard InChI is InChI=1S/C15H15N3O4/c1-2-22-14-9-4-3-8-13(14)17-15(19)16-11-6-5-7-12(10-11)18(20)21/h3-10H,2H2,1H3,(H2,16,17,19). The van der Waals surface area contributed by atoms with E-state index in [-0.39, 0.29) is 5.69 Å². The predicted molar refractivity (Wildman–Crippen MR) is 83.3 cm³/mol. The fourth-order valence-corrected chi connectivity index (χ4v) is 1.83. The van der Waals surface area contributed by atoms with Crippen molar-refractivity contribution in [3.05, 3.63) is 58.6 Å². The lowest BCUT2D eigenvalue weighted by Gasteiger charge is -2.12. The van der Waals surface area contributed by atoms with Gasteiger partial charge in [-0.05, 0) is 25.1 Å². The summed E-state index contributed by atoms with van der Waals surface area (Å²) in [6.45, 7) is 2.32. The van der Waals surface area contributed by atoms with Crippen LogP contribution in [0.1, 0.15) is 6.92 Å². The van der Waals surface area contributed by atoms with Crippen LogP contribution in [0.15, 0.2) is 48.5 Å². The van der Waals surface area contributed by atoms with E-state index in [1.54, 1.807) is 30.3 Å². The van der Waals surface area contributed by atoms with Crippen molar-refractivity contribution in [1.82, 2.24) is 0 Å². The molecule has 22 heavy (non-hydrogen) atoms. The molecular formula is C15H15N3O4. The van der Waals surface area contributed by atoms with Crippen LogP contribution in [0.4, 0.5) is 21.9 Å². The largest absolute Gasteiger partial charge is 0.492 e. The van der Waals surface area contributed by atoms with Crippen molar-refractivity contribution in [2.24, 2.45) is 0 Å². The van der Waals surface area contributed by atoms with Gasteiger partial charge in [0.1, 0.15) is 5.75 Å². The molecule has 0 saturated heterocycles. The molecular weight excluding hydrogens is 286 g/mol. The van der Waals surface area contributed by atoms with Gasteiger partial charge in [0, 0.05) is 17.8 Å². The number of nitro benzene ring substituents is 1. The Morgan fingerprint density at radius 3 is 2.68 bits per heavy atom. The average molecular weight is 301 g/mol. The van der Waals surface area contributed by atoms with Crippen molar-refractivity contribution in [2.75, 3.05) is 17.2 Å². The van der Waals surface area contributed by atoms with Crippen molar-refractivity contribution < 1.29 is 14.5 Å². The number of para-hydroxylation sites is 2. The smallest absolute Gasteiger partial charge is 0.323 e. The lowest BCUT2D eigenvalue weighted by atomic mass is 10.3. The summed E-state index contributed by atoms with van der Waals surface area (Å²) in [6, 6.07) is 12.2. The third kappa shape index (κ3) is 3.95. The Labute approximate surface area is 127 Å². The average Bonchev–Trinajstić information content (AvgIpc) is 2.49. The Hall–Kier alpha value is -3.09. The SMILES string of the molecule is CCOc1ccccc1NC(=O)Nc1cccc([N+](=O)[O-])c1. The zero-order valence-corrected chi connectivity index (χ0v) is 11.9. The fraction of sp³-hybridized carbons (Fsp3) is 0.133. The summed E-state index contributed by atoms with van der Waals surface area (Å²) < 4.78 is 5.41. The number of ether oxygens (including phenoxy) is 1. The lowest BCUT2D eigenvalue weighted by molar-refractivity contribution is -0.384. The molecule has 0 aromatic heterocycles. The second-order valence-electron chi connectivity index (χ2n) is 4.32. The molecule has 0 aliphatic rings. The Morgan fingerprint density at radius 2 is 1.95 bits per heavy atom. The zero-order valence-electron chi connectivity index (χ0n) is 11.9. The molecule has 7 nitrogen and oxygen atoms in total. The summed E-state index contributed by atoms with van der Waals surface area (Å²) in [7, 11) is 0. The first-order valence-electron chi connectivity index (χ1n) is 6.64. The van der Waals surface area contributed by atoms with E-state index in [9.17, 15) is 14.9 Å². The van der Waals surface area contributed by atoms with E-state index in [0.29, 0.717) is 23.7 Å². The number of amides is 2. The van der Waals surface area contributed by atoms with Crippen molar-refractivity contribution in [3.8, 4) is 5.75 Å². The first kappa shape index (κ1) is 15.3. The van der Waals surface area contributed by atoms with Crippen LogP contribution in [-0.4, -0.2) is 17.6 Å². The second-order valence-corrected chi connectivity index (χ2v) is 4.32. The van der Waals surface area contributed by atoms with Gasteiger partial charge < -0.3 is 15.4 Å². The molecule has 0 saturated carbocycles. The predicted octanol–water partition coefficient (Wildman–Crippen LogP) is 3.64. The van der Waals surface area contributed by atoms with Crippen LogP contribution in [-0.2, 0) is 0 Å². The first-order chi connectivity index (χ1) is 10.6. The minimum Gasteiger partial charge on any atom is -0.492 e. The Morgan fingerprint density at radius 1 is 1.18 bits per heavy atom. The van der Waals surface area contributed by atoms with Crippen LogP contribution in [0.5, 0.6) is 5.75 Å². The highest BCUT2D eigenvalue weighted by Crippen LogP contribution is 2.24.